The third-order valence-corrected chi connectivity index (χ3v) is 3.40. The summed E-state index contributed by atoms with van der Waals surface area (Å²) in [6.07, 6.45) is 0.507. The molecular formula is C11H11IN2S. The second-order valence-electron chi connectivity index (χ2n) is 3.04. The first-order valence-corrected chi connectivity index (χ1v) is 5.45. The number of thiazole rings is 1. The van der Waals surface area contributed by atoms with E-state index in [0.29, 0.717) is 6.42 Å². The number of aromatic nitrogens is 1. The molecule has 0 N–H and O–H groups in total. The van der Waals surface area contributed by atoms with E-state index in [9.17, 15) is 0 Å². The van der Waals surface area contributed by atoms with Gasteiger partial charge in [-0.3, -0.25) is 0 Å². The summed E-state index contributed by atoms with van der Waals surface area (Å²) in [5.74, 6) is 0. The standard InChI is InChI=1S/C11H11N2S.HI/c1-2-13-9-5-3-4-6-10(9)14-11(13)7-8-12;/h3-6H,2,7H2,1H3;1H/q+1;/p-1. The van der Waals surface area contributed by atoms with Crippen LogP contribution < -0.4 is 28.5 Å². The number of aryl methyl sites for hydroxylation is 1. The lowest BCUT2D eigenvalue weighted by atomic mass is 10.3. The summed E-state index contributed by atoms with van der Waals surface area (Å²) in [5, 5.41) is 9.86. The van der Waals surface area contributed by atoms with Crippen molar-refractivity contribution >= 4 is 21.6 Å². The molecule has 4 heteroatoms. The number of rotatable bonds is 2. The van der Waals surface area contributed by atoms with E-state index < -0.39 is 0 Å². The fourth-order valence-electron chi connectivity index (χ4n) is 1.63. The lowest BCUT2D eigenvalue weighted by Crippen LogP contribution is -3.00. The van der Waals surface area contributed by atoms with E-state index in [-0.39, 0.29) is 24.0 Å². The molecule has 0 saturated carbocycles. The predicted octanol–water partition coefficient (Wildman–Crippen LogP) is -0.721. The zero-order valence-corrected chi connectivity index (χ0v) is 11.4. The molecular weight excluding hydrogens is 319 g/mol. The highest BCUT2D eigenvalue weighted by Gasteiger charge is 2.17. The zero-order valence-electron chi connectivity index (χ0n) is 8.40. The van der Waals surface area contributed by atoms with Gasteiger partial charge in [-0.05, 0) is 13.0 Å². The van der Waals surface area contributed by atoms with Gasteiger partial charge < -0.3 is 24.0 Å². The lowest BCUT2D eigenvalue weighted by molar-refractivity contribution is -0.670. The molecule has 0 fully saturated rings. The van der Waals surface area contributed by atoms with Crippen LogP contribution in [-0.2, 0) is 13.0 Å². The van der Waals surface area contributed by atoms with Gasteiger partial charge in [-0.2, -0.15) is 9.83 Å². The van der Waals surface area contributed by atoms with Crippen LogP contribution in [0, 0.1) is 11.3 Å². The van der Waals surface area contributed by atoms with Crippen LogP contribution in [0.5, 0.6) is 0 Å². The van der Waals surface area contributed by atoms with Crippen molar-refractivity contribution in [1.29, 1.82) is 5.26 Å². The van der Waals surface area contributed by atoms with Crippen molar-refractivity contribution in [3.63, 3.8) is 0 Å². The summed E-state index contributed by atoms with van der Waals surface area (Å²) in [6, 6.07) is 10.5. The largest absolute Gasteiger partial charge is 1.00 e. The maximum Gasteiger partial charge on any atom is 0.252 e. The summed E-state index contributed by atoms with van der Waals surface area (Å²) in [5.41, 5.74) is 1.24. The highest BCUT2D eigenvalue weighted by molar-refractivity contribution is 7.18. The van der Waals surface area contributed by atoms with Crippen LogP contribution in [0.4, 0.5) is 0 Å². The third-order valence-electron chi connectivity index (χ3n) is 2.23. The van der Waals surface area contributed by atoms with E-state index in [1.807, 2.05) is 12.1 Å². The van der Waals surface area contributed by atoms with Crippen LogP contribution in [0.2, 0.25) is 0 Å². The van der Waals surface area contributed by atoms with Crippen molar-refractivity contribution < 1.29 is 28.5 Å². The minimum atomic E-state index is 0. The van der Waals surface area contributed by atoms with Crippen molar-refractivity contribution in [3.05, 3.63) is 29.3 Å². The molecule has 0 aliphatic carbocycles. The molecule has 78 valence electrons. The van der Waals surface area contributed by atoms with Crippen LogP contribution in [0.15, 0.2) is 24.3 Å². The average molecular weight is 330 g/mol. The molecule has 2 aromatic rings. The Labute approximate surface area is 110 Å². The second kappa shape index (κ2) is 5.42. The van der Waals surface area contributed by atoms with Gasteiger partial charge >= 0.3 is 0 Å². The summed E-state index contributed by atoms with van der Waals surface area (Å²) >= 11 is 1.71. The van der Waals surface area contributed by atoms with E-state index in [0.717, 1.165) is 11.6 Å². The molecule has 15 heavy (non-hydrogen) atoms. The topological polar surface area (TPSA) is 27.7 Å². The molecule has 0 bridgehead atoms. The van der Waals surface area contributed by atoms with Crippen molar-refractivity contribution in [3.8, 4) is 6.07 Å². The van der Waals surface area contributed by atoms with Crippen molar-refractivity contribution in [1.82, 2.24) is 0 Å². The quantitative estimate of drug-likeness (QED) is 0.528. The fourth-order valence-corrected chi connectivity index (χ4v) is 2.79. The predicted molar refractivity (Wildman–Crippen MR) is 57.0 cm³/mol. The first-order valence-electron chi connectivity index (χ1n) is 4.64. The van der Waals surface area contributed by atoms with Crippen LogP contribution in [0.25, 0.3) is 10.2 Å². The molecule has 0 unspecified atom stereocenters. The molecule has 2 rings (SSSR count). The Morgan fingerprint density at radius 2 is 2.13 bits per heavy atom. The molecule has 1 aromatic carbocycles. The van der Waals surface area contributed by atoms with Crippen molar-refractivity contribution in [2.24, 2.45) is 0 Å². The van der Waals surface area contributed by atoms with Gasteiger partial charge in [-0.15, -0.1) is 0 Å². The normalized spacial score (nSPS) is 9.60. The van der Waals surface area contributed by atoms with Gasteiger partial charge in [0.1, 0.15) is 17.7 Å². The number of nitriles is 1. The lowest BCUT2D eigenvalue weighted by Gasteiger charge is -1.90. The number of fused-ring (bicyclic) bond motifs is 1. The molecule has 0 amide bonds. The fraction of sp³-hybridized carbons (Fsp3) is 0.273. The molecule has 0 atom stereocenters. The minimum absolute atomic E-state index is 0. The van der Waals surface area contributed by atoms with Gasteiger partial charge in [-0.1, -0.05) is 23.5 Å². The van der Waals surface area contributed by atoms with E-state index in [1.165, 1.54) is 10.2 Å². The Morgan fingerprint density at radius 3 is 2.80 bits per heavy atom. The Kier molecular flexibility index (Phi) is 4.48. The molecule has 0 saturated heterocycles. The first kappa shape index (κ1) is 12.4. The van der Waals surface area contributed by atoms with E-state index in [1.54, 1.807) is 11.3 Å². The monoisotopic (exact) mass is 330 g/mol. The Balaban J connectivity index is 0.00000112. The maximum absolute atomic E-state index is 8.71. The molecule has 2 nitrogen and oxygen atoms in total. The molecule has 0 spiro atoms. The number of halogens is 1. The highest BCUT2D eigenvalue weighted by atomic mass is 127. The number of nitrogens with zero attached hydrogens (tertiary/aromatic N) is 2. The van der Waals surface area contributed by atoms with Gasteiger partial charge in [-0.25, -0.2) is 0 Å². The Bertz CT molecular complexity index is 499. The van der Waals surface area contributed by atoms with E-state index in [4.69, 9.17) is 5.26 Å². The van der Waals surface area contributed by atoms with Crippen LogP contribution in [-0.4, -0.2) is 0 Å². The molecule has 0 aliphatic rings. The van der Waals surface area contributed by atoms with Crippen molar-refractivity contribution in [2.75, 3.05) is 0 Å². The third kappa shape index (κ3) is 2.29. The molecule has 1 heterocycles. The van der Waals surface area contributed by atoms with Gasteiger partial charge in [0.15, 0.2) is 0 Å². The van der Waals surface area contributed by atoms with Crippen LogP contribution in [0.3, 0.4) is 0 Å². The van der Waals surface area contributed by atoms with E-state index >= 15 is 0 Å². The van der Waals surface area contributed by atoms with Crippen molar-refractivity contribution in [2.45, 2.75) is 19.9 Å². The second-order valence-corrected chi connectivity index (χ2v) is 4.16. The van der Waals surface area contributed by atoms with Gasteiger partial charge in [0.2, 0.25) is 5.52 Å². The Morgan fingerprint density at radius 1 is 1.40 bits per heavy atom. The summed E-state index contributed by atoms with van der Waals surface area (Å²) in [6.45, 7) is 3.04. The maximum atomic E-state index is 8.71. The van der Waals surface area contributed by atoms with E-state index in [2.05, 4.69) is 29.7 Å². The highest BCUT2D eigenvalue weighted by Crippen LogP contribution is 2.20. The van der Waals surface area contributed by atoms with Gasteiger partial charge in [0.25, 0.3) is 5.01 Å². The van der Waals surface area contributed by atoms with Gasteiger partial charge in [0, 0.05) is 6.07 Å². The molecule has 1 aromatic heterocycles. The van der Waals surface area contributed by atoms with Gasteiger partial charge in [0.05, 0.1) is 6.07 Å². The van der Waals surface area contributed by atoms with Crippen LogP contribution >= 0.6 is 11.3 Å². The van der Waals surface area contributed by atoms with Crippen LogP contribution in [0.1, 0.15) is 11.9 Å². The minimum Gasteiger partial charge on any atom is -1.00 e. The smallest absolute Gasteiger partial charge is 0.252 e. The number of para-hydroxylation sites is 1. The summed E-state index contributed by atoms with van der Waals surface area (Å²) in [7, 11) is 0. The molecule has 0 aliphatic heterocycles. The Hall–Kier alpha value is -0.670. The molecule has 0 radical (unpaired) electrons. The zero-order chi connectivity index (χ0) is 9.97. The number of hydrogen-bond donors (Lipinski definition) is 0. The SMILES string of the molecule is CC[n+]1c(CC#N)sc2ccccc21.[I-]. The average Bonchev–Trinajstić information content (AvgIpc) is 2.55. The summed E-state index contributed by atoms with van der Waals surface area (Å²) < 4.78 is 3.48. The first-order chi connectivity index (χ1) is 6.86. The number of hydrogen-bond acceptors (Lipinski definition) is 2. The number of benzene rings is 1. The summed E-state index contributed by atoms with van der Waals surface area (Å²) in [4.78, 5) is 0.